The molecule has 0 saturated heterocycles. The number of benzene rings is 7. The minimum Gasteiger partial charge on any atom is -0.285 e. The van der Waals surface area contributed by atoms with Crippen LogP contribution >= 0.6 is 11.3 Å². The van der Waals surface area contributed by atoms with Crippen LogP contribution in [0.2, 0.25) is 0 Å². The number of nitrogens with zero attached hydrogens (tertiary/aromatic N) is 3. The Bertz CT molecular complexity index is 2760. The van der Waals surface area contributed by atoms with Gasteiger partial charge in [0.2, 0.25) is 0 Å². The number of fused-ring (bicyclic) bond motifs is 6. The van der Waals surface area contributed by atoms with Gasteiger partial charge >= 0.3 is 0 Å². The Morgan fingerprint density at radius 3 is 2.11 bits per heavy atom. The van der Waals surface area contributed by atoms with E-state index < -0.39 is 0 Å². The quantitative estimate of drug-likeness (QED) is 0.166. The number of rotatable bonds is 3. The molecular formula is C48H35IrN3S-2. The van der Waals surface area contributed by atoms with Gasteiger partial charge < -0.3 is 0 Å². The summed E-state index contributed by atoms with van der Waals surface area (Å²) in [5.41, 5.74) is 13.8. The maximum atomic E-state index is 5.14. The molecule has 0 spiro atoms. The summed E-state index contributed by atoms with van der Waals surface area (Å²) in [6.07, 6.45) is 0. The molecule has 0 fully saturated rings. The van der Waals surface area contributed by atoms with Crippen molar-refractivity contribution in [1.82, 2.24) is 15.0 Å². The van der Waals surface area contributed by atoms with E-state index in [0.717, 1.165) is 44.1 Å². The molecule has 9 aromatic rings. The Morgan fingerprint density at radius 2 is 1.30 bits per heavy atom. The molecule has 0 N–H and O–H groups in total. The number of aryl methyl sites for hydroxylation is 2. The van der Waals surface area contributed by atoms with Crippen molar-refractivity contribution in [2.24, 2.45) is 0 Å². The fourth-order valence-electron chi connectivity index (χ4n) is 7.66. The molecular weight excluding hydrogens is 843 g/mol. The van der Waals surface area contributed by atoms with Crippen LogP contribution in [0, 0.1) is 26.0 Å². The van der Waals surface area contributed by atoms with E-state index in [0.29, 0.717) is 0 Å². The minimum absolute atomic E-state index is 0. The van der Waals surface area contributed by atoms with Crippen molar-refractivity contribution in [2.75, 3.05) is 0 Å². The maximum absolute atomic E-state index is 5.14. The second kappa shape index (κ2) is 13.9. The molecule has 0 saturated carbocycles. The van der Waals surface area contributed by atoms with E-state index in [1.165, 1.54) is 54.4 Å². The standard InChI is InChI=1S/C31H25N2.C17H10NS.Ir/c1-19-10-9-11-20(2)28(19)29-24-13-6-8-15-27(24)32-30(33-29)21-16-17-23-22-12-5-7-14-25(22)31(3,4)26(23)18-21;1-2-8-13-12(6-1)7-5-9-14(13)17-18-15-10-3-4-11-16(15)19-17;/h5-15,17-18H,1-4H3;1-8,10-11H;/q2*-1;. The molecule has 1 radical (unpaired) electrons. The molecule has 0 bridgehead atoms. The van der Waals surface area contributed by atoms with Crippen molar-refractivity contribution in [3.63, 3.8) is 0 Å². The van der Waals surface area contributed by atoms with Gasteiger partial charge in [-0.25, -0.2) is 0 Å². The van der Waals surface area contributed by atoms with Crippen molar-refractivity contribution < 1.29 is 20.1 Å². The average Bonchev–Trinajstić information content (AvgIpc) is 3.71. The molecule has 259 valence electrons. The first-order valence-electron chi connectivity index (χ1n) is 17.6. The molecule has 7 aromatic carbocycles. The zero-order chi connectivity index (χ0) is 35.4. The predicted molar refractivity (Wildman–Crippen MR) is 218 cm³/mol. The maximum Gasteiger partial charge on any atom is 0.0763 e. The number of hydrogen-bond donors (Lipinski definition) is 0. The summed E-state index contributed by atoms with van der Waals surface area (Å²) >= 11 is 1.72. The van der Waals surface area contributed by atoms with E-state index >= 15 is 0 Å². The van der Waals surface area contributed by atoms with Crippen molar-refractivity contribution in [1.29, 1.82) is 0 Å². The third-order valence-corrected chi connectivity index (χ3v) is 11.4. The van der Waals surface area contributed by atoms with Crippen LogP contribution in [0.5, 0.6) is 0 Å². The van der Waals surface area contributed by atoms with Crippen LogP contribution in [-0.4, -0.2) is 15.0 Å². The van der Waals surface area contributed by atoms with Crippen molar-refractivity contribution in [2.45, 2.75) is 33.1 Å². The van der Waals surface area contributed by atoms with Gasteiger partial charge in [0.1, 0.15) is 0 Å². The summed E-state index contributed by atoms with van der Waals surface area (Å²) in [6.45, 7) is 8.90. The van der Waals surface area contributed by atoms with Crippen LogP contribution in [0.15, 0.2) is 140 Å². The molecule has 2 heterocycles. The number of para-hydroxylation sites is 2. The van der Waals surface area contributed by atoms with E-state index in [1.54, 1.807) is 11.3 Å². The second-order valence-electron chi connectivity index (χ2n) is 14.0. The van der Waals surface area contributed by atoms with E-state index in [2.05, 4.69) is 161 Å². The Kier molecular flexibility index (Phi) is 9.12. The van der Waals surface area contributed by atoms with Gasteiger partial charge in [-0.15, -0.1) is 58.5 Å². The molecule has 1 aliphatic carbocycles. The van der Waals surface area contributed by atoms with Crippen LogP contribution < -0.4 is 0 Å². The molecule has 5 heteroatoms. The first kappa shape index (κ1) is 34.7. The third kappa shape index (κ3) is 6.09. The van der Waals surface area contributed by atoms with Gasteiger partial charge in [0.15, 0.2) is 0 Å². The number of aromatic nitrogens is 3. The molecule has 10 rings (SSSR count). The monoisotopic (exact) mass is 878 g/mol. The normalized spacial score (nSPS) is 12.5. The van der Waals surface area contributed by atoms with Gasteiger partial charge in [0.25, 0.3) is 0 Å². The third-order valence-electron chi connectivity index (χ3n) is 10.3. The van der Waals surface area contributed by atoms with Gasteiger partial charge in [0.05, 0.1) is 22.6 Å². The molecule has 3 nitrogen and oxygen atoms in total. The number of thiazole rings is 1. The molecule has 53 heavy (non-hydrogen) atoms. The summed E-state index contributed by atoms with van der Waals surface area (Å²) in [5, 5.41) is 4.56. The van der Waals surface area contributed by atoms with Crippen LogP contribution in [0.25, 0.3) is 76.2 Å². The molecule has 0 unspecified atom stereocenters. The molecule has 0 atom stereocenters. The van der Waals surface area contributed by atoms with E-state index in [9.17, 15) is 0 Å². The Labute approximate surface area is 327 Å². The summed E-state index contributed by atoms with van der Waals surface area (Å²) in [5.74, 6) is 0.723. The summed E-state index contributed by atoms with van der Waals surface area (Å²) in [4.78, 5) is 14.8. The largest absolute Gasteiger partial charge is 0.285 e. The second-order valence-corrected chi connectivity index (χ2v) is 15.0. The molecule has 0 aliphatic heterocycles. The van der Waals surface area contributed by atoms with E-state index in [-0.39, 0.29) is 25.5 Å². The SMILES string of the molecule is Cc1cccc(C)c1-c1nc(-c2[c-]cc3c(c2)C(C)(C)c2ccccc2-3)nc2ccccc12.[Ir].[c-]1ccc2ccccc2c1-c1nc2ccccc2s1. The predicted octanol–water partition coefficient (Wildman–Crippen LogP) is 12.6. The molecule has 2 aromatic heterocycles. The van der Waals surface area contributed by atoms with E-state index in [1.807, 2.05) is 18.2 Å². The summed E-state index contributed by atoms with van der Waals surface area (Å²) < 4.78 is 1.22. The van der Waals surface area contributed by atoms with Gasteiger partial charge in [-0.2, -0.15) is 11.3 Å². The smallest absolute Gasteiger partial charge is 0.0763 e. The Morgan fingerprint density at radius 1 is 0.604 bits per heavy atom. The van der Waals surface area contributed by atoms with Crippen LogP contribution in [-0.2, 0) is 25.5 Å². The van der Waals surface area contributed by atoms with Crippen LogP contribution in [0.1, 0.15) is 36.1 Å². The van der Waals surface area contributed by atoms with Crippen molar-refractivity contribution in [3.05, 3.63) is 174 Å². The molecule has 1 aliphatic rings. The van der Waals surface area contributed by atoms with Crippen LogP contribution in [0.3, 0.4) is 0 Å². The van der Waals surface area contributed by atoms with Gasteiger partial charge in [0, 0.05) is 40.8 Å². The summed E-state index contributed by atoms with van der Waals surface area (Å²) in [7, 11) is 0. The van der Waals surface area contributed by atoms with Gasteiger partial charge in [-0.3, -0.25) is 15.0 Å². The fourth-order valence-corrected chi connectivity index (χ4v) is 8.65. The molecule has 0 amide bonds. The first-order valence-corrected chi connectivity index (χ1v) is 18.4. The summed E-state index contributed by atoms with van der Waals surface area (Å²) in [6, 6.07) is 55.3. The minimum atomic E-state index is -0.0674. The Balaban J connectivity index is 0.000000170. The fraction of sp³-hybridized carbons (Fsp3) is 0.104. The average molecular weight is 878 g/mol. The first-order chi connectivity index (χ1) is 25.4. The van der Waals surface area contributed by atoms with Crippen molar-refractivity contribution >= 4 is 43.2 Å². The zero-order valence-electron chi connectivity index (χ0n) is 29.9. The van der Waals surface area contributed by atoms with E-state index in [4.69, 9.17) is 15.0 Å². The number of hydrogen-bond acceptors (Lipinski definition) is 4. The Hall–Kier alpha value is -5.32. The topological polar surface area (TPSA) is 38.7 Å². The van der Waals surface area contributed by atoms with Crippen LogP contribution in [0.4, 0.5) is 0 Å². The zero-order valence-corrected chi connectivity index (χ0v) is 33.1. The van der Waals surface area contributed by atoms with Crippen molar-refractivity contribution in [3.8, 4) is 44.3 Å². The van der Waals surface area contributed by atoms with Gasteiger partial charge in [-0.1, -0.05) is 127 Å². The van der Waals surface area contributed by atoms with Gasteiger partial charge in [-0.05, 0) is 54.2 Å².